The highest BCUT2D eigenvalue weighted by Gasteiger charge is 2.09. The molecule has 82 valence electrons. The zero-order valence-electron chi connectivity index (χ0n) is 9.11. The Morgan fingerprint density at radius 3 is 2.75 bits per heavy atom. The van der Waals surface area contributed by atoms with Crippen LogP contribution in [0.5, 0.6) is 11.5 Å². The van der Waals surface area contributed by atoms with Crippen LogP contribution in [0.1, 0.15) is 11.8 Å². The summed E-state index contributed by atoms with van der Waals surface area (Å²) in [6, 6.07) is 7.83. The van der Waals surface area contributed by atoms with Crippen LogP contribution in [0.3, 0.4) is 0 Å². The molecule has 0 aliphatic rings. The second-order valence-corrected chi connectivity index (χ2v) is 4.28. The fraction of sp³-hybridized carbons (Fsp3) is 0.250. The van der Waals surface area contributed by atoms with E-state index in [0.29, 0.717) is 17.2 Å². The molecule has 2 rings (SSSR count). The molecule has 0 aliphatic heterocycles. The average Bonchev–Trinajstić information content (AvgIpc) is 2.70. The van der Waals surface area contributed by atoms with Crippen molar-refractivity contribution in [1.29, 1.82) is 5.26 Å². The molecule has 16 heavy (non-hydrogen) atoms. The van der Waals surface area contributed by atoms with Gasteiger partial charge in [-0.1, -0.05) is 0 Å². The molecule has 0 N–H and O–H groups in total. The standard InChI is InChI=1S/C12H11NO2S/c1-3-15-11-5-8-4-9(7-13)16-12(8)6-10(11)14-2/h4-6H,3H2,1-2H3. The third kappa shape index (κ3) is 1.82. The molecule has 0 amide bonds. The SMILES string of the molecule is CCOc1cc2cc(C#N)sc2cc1OC. The van der Waals surface area contributed by atoms with Crippen molar-refractivity contribution in [2.75, 3.05) is 13.7 Å². The molecular weight excluding hydrogens is 222 g/mol. The number of hydrogen-bond donors (Lipinski definition) is 0. The molecule has 1 aromatic carbocycles. The predicted octanol–water partition coefficient (Wildman–Crippen LogP) is 3.18. The van der Waals surface area contributed by atoms with E-state index in [9.17, 15) is 0 Å². The summed E-state index contributed by atoms with van der Waals surface area (Å²) in [6.07, 6.45) is 0. The van der Waals surface area contributed by atoms with E-state index in [2.05, 4.69) is 6.07 Å². The number of thiophene rings is 1. The van der Waals surface area contributed by atoms with Gasteiger partial charge in [-0.3, -0.25) is 0 Å². The minimum Gasteiger partial charge on any atom is -0.493 e. The molecule has 4 heteroatoms. The van der Waals surface area contributed by atoms with Crippen LogP contribution in [0.4, 0.5) is 0 Å². The number of hydrogen-bond acceptors (Lipinski definition) is 4. The Bertz CT molecular complexity index is 554. The van der Waals surface area contributed by atoms with Crippen LogP contribution in [0.2, 0.25) is 0 Å². The number of fused-ring (bicyclic) bond motifs is 1. The molecule has 1 aromatic heterocycles. The molecular formula is C12H11NO2S. The monoisotopic (exact) mass is 233 g/mol. The van der Waals surface area contributed by atoms with Gasteiger partial charge in [0.15, 0.2) is 11.5 Å². The van der Waals surface area contributed by atoms with Crippen molar-refractivity contribution in [3.8, 4) is 17.6 Å². The van der Waals surface area contributed by atoms with E-state index in [1.165, 1.54) is 11.3 Å². The zero-order chi connectivity index (χ0) is 11.5. The van der Waals surface area contributed by atoms with E-state index >= 15 is 0 Å². The van der Waals surface area contributed by atoms with Crippen LogP contribution < -0.4 is 9.47 Å². The number of benzene rings is 1. The smallest absolute Gasteiger partial charge is 0.162 e. The van der Waals surface area contributed by atoms with Crippen molar-refractivity contribution in [2.24, 2.45) is 0 Å². The van der Waals surface area contributed by atoms with Crippen molar-refractivity contribution >= 4 is 21.4 Å². The van der Waals surface area contributed by atoms with Gasteiger partial charge in [0.2, 0.25) is 0 Å². The number of ether oxygens (including phenoxy) is 2. The van der Waals surface area contributed by atoms with Gasteiger partial charge in [0.25, 0.3) is 0 Å². The summed E-state index contributed by atoms with van der Waals surface area (Å²) in [6.45, 7) is 2.52. The quantitative estimate of drug-likeness (QED) is 0.817. The zero-order valence-corrected chi connectivity index (χ0v) is 9.93. The van der Waals surface area contributed by atoms with Crippen LogP contribution in [-0.4, -0.2) is 13.7 Å². The van der Waals surface area contributed by atoms with Gasteiger partial charge in [0, 0.05) is 10.8 Å². The summed E-state index contributed by atoms with van der Waals surface area (Å²) in [5, 5.41) is 9.85. The molecule has 3 nitrogen and oxygen atoms in total. The van der Waals surface area contributed by atoms with Gasteiger partial charge in [-0.05, 0) is 24.4 Å². The molecule has 0 bridgehead atoms. The first kappa shape index (κ1) is 10.8. The first-order valence-electron chi connectivity index (χ1n) is 4.93. The van der Waals surface area contributed by atoms with Crippen molar-refractivity contribution in [3.05, 3.63) is 23.1 Å². The minimum atomic E-state index is 0.594. The molecule has 1 heterocycles. The molecule has 0 saturated heterocycles. The Labute approximate surface area is 97.8 Å². The van der Waals surface area contributed by atoms with Crippen molar-refractivity contribution in [1.82, 2.24) is 0 Å². The molecule has 2 aromatic rings. The molecule has 0 aliphatic carbocycles. The maximum absolute atomic E-state index is 8.84. The molecule has 0 fully saturated rings. The second kappa shape index (κ2) is 4.42. The summed E-state index contributed by atoms with van der Waals surface area (Å²) < 4.78 is 11.8. The Kier molecular flexibility index (Phi) is 2.97. The van der Waals surface area contributed by atoms with Gasteiger partial charge < -0.3 is 9.47 Å². The third-order valence-corrected chi connectivity index (χ3v) is 3.22. The third-order valence-electron chi connectivity index (χ3n) is 2.21. The fourth-order valence-electron chi connectivity index (χ4n) is 1.53. The normalized spacial score (nSPS) is 10.1. The number of nitriles is 1. The van der Waals surface area contributed by atoms with E-state index in [1.807, 2.05) is 25.1 Å². The van der Waals surface area contributed by atoms with Gasteiger partial charge in [-0.15, -0.1) is 11.3 Å². The minimum absolute atomic E-state index is 0.594. The van der Waals surface area contributed by atoms with Crippen LogP contribution in [0.15, 0.2) is 18.2 Å². The first-order chi connectivity index (χ1) is 7.78. The van der Waals surface area contributed by atoms with E-state index in [-0.39, 0.29) is 0 Å². The van der Waals surface area contributed by atoms with Gasteiger partial charge in [-0.25, -0.2) is 0 Å². The second-order valence-electron chi connectivity index (χ2n) is 3.20. The number of nitrogens with zero attached hydrogens (tertiary/aromatic N) is 1. The Morgan fingerprint density at radius 2 is 2.12 bits per heavy atom. The van der Waals surface area contributed by atoms with Gasteiger partial charge in [-0.2, -0.15) is 5.26 Å². The Balaban J connectivity index is 2.59. The number of rotatable bonds is 3. The average molecular weight is 233 g/mol. The van der Waals surface area contributed by atoms with Gasteiger partial charge in [0.05, 0.1) is 13.7 Å². The fourth-order valence-corrected chi connectivity index (χ4v) is 2.40. The summed E-state index contributed by atoms with van der Waals surface area (Å²) >= 11 is 1.46. The van der Waals surface area contributed by atoms with Gasteiger partial charge >= 0.3 is 0 Å². The van der Waals surface area contributed by atoms with E-state index in [1.54, 1.807) is 7.11 Å². The van der Waals surface area contributed by atoms with E-state index in [0.717, 1.165) is 15.8 Å². The Hall–Kier alpha value is -1.73. The lowest BCUT2D eigenvalue weighted by Gasteiger charge is -2.08. The lowest BCUT2D eigenvalue weighted by molar-refractivity contribution is 0.311. The maximum Gasteiger partial charge on any atom is 0.162 e. The largest absolute Gasteiger partial charge is 0.493 e. The van der Waals surface area contributed by atoms with Crippen LogP contribution in [-0.2, 0) is 0 Å². The van der Waals surface area contributed by atoms with Crippen molar-refractivity contribution < 1.29 is 9.47 Å². The highest BCUT2D eigenvalue weighted by Crippen LogP contribution is 2.36. The molecule has 0 spiro atoms. The summed E-state index contributed by atoms with van der Waals surface area (Å²) in [5.41, 5.74) is 0. The predicted molar refractivity (Wildman–Crippen MR) is 64.3 cm³/mol. The molecule has 0 unspecified atom stereocenters. The molecule has 0 atom stereocenters. The van der Waals surface area contributed by atoms with E-state index in [4.69, 9.17) is 14.7 Å². The van der Waals surface area contributed by atoms with Crippen molar-refractivity contribution in [3.63, 3.8) is 0 Å². The molecule has 0 radical (unpaired) electrons. The topological polar surface area (TPSA) is 42.2 Å². The van der Waals surface area contributed by atoms with Crippen LogP contribution in [0, 0.1) is 11.3 Å². The van der Waals surface area contributed by atoms with Crippen LogP contribution >= 0.6 is 11.3 Å². The number of methoxy groups -OCH3 is 1. The van der Waals surface area contributed by atoms with Gasteiger partial charge in [0.1, 0.15) is 10.9 Å². The maximum atomic E-state index is 8.84. The first-order valence-corrected chi connectivity index (χ1v) is 5.74. The highest BCUT2D eigenvalue weighted by atomic mass is 32.1. The summed E-state index contributed by atoms with van der Waals surface area (Å²) in [7, 11) is 1.61. The van der Waals surface area contributed by atoms with Crippen LogP contribution in [0.25, 0.3) is 10.1 Å². The Morgan fingerprint density at radius 1 is 1.31 bits per heavy atom. The van der Waals surface area contributed by atoms with Crippen molar-refractivity contribution in [2.45, 2.75) is 6.92 Å². The molecule has 0 saturated carbocycles. The lowest BCUT2D eigenvalue weighted by atomic mass is 10.2. The van der Waals surface area contributed by atoms with E-state index < -0.39 is 0 Å². The summed E-state index contributed by atoms with van der Waals surface area (Å²) in [4.78, 5) is 0.700. The lowest BCUT2D eigenvalue weighted by Crippen LogP contribution is -1.94. The summed E-state index contributed by atoms with van der Waals surface area (Å²) in [5.74, 6) is 1.43. The highest BCUT2D eigenvalue weighted by molar-refractivity contribution is 7.19.